The number of allylic oxidation sites excluding steroid dienone is 2. The average Bonchev–Trinajstić information content (AvgIpc) is 3.33. The van der Waals surface area contributed by atoms with Crippen molar-refractivity contribution >= 4 is 5.97 Å². The SMILES string of the molecule is COCO[C@@H]1CC[C@@]2(C)C(CCC3(C)C2[C@H](OCOC)CC2C4[C@H](C[C@@]23C)OC(=O)[C@H]4CCC=C(C)C)C1C. The minimum absolute atomic E-state index is 0.000898. The Hall–Kier alpha value is -0.950. The van der Waals surface area contributed by atoms with Crippen LogP contribution < -0.4 is 0 Å². The highest BCUT2D eigenvalue weighted by molar-refractivity contribution is 5.75. The van der Waals surface area contributed by atoms with E-state index in [2.05, 4.69) is 47.6 Å². The van der Waals surface area contributed by atoms with Crippen molar-refractivity contribution in [3.05, 3.63) is 11.6 Å². The van der Waals surface area contributed by atoms with Crippen LogP contribution in [0.4, 0.5) is 0 Å². The van der Waals surface area contributed by atoms with Gasteiger partial charge in [-0.15, -0.1) is 0 Å². The molecule has 5 fully saturated rings. The van der Waals surface area contributed by atoms with Crippen LogP contribution in [0.25, 0.3) is 0 Å². The number of ether oxygens (including phenoxy) is 5. The van der Waals surface area contributed by atoms with Crippen LogP contribution >= 0.6 is 0 Å². The summed E-state index contributed by atoms with van der Waals surface area (Å²) < 4.78 is 29.8. The van der Waals surface area contributed by atoms with Crippen LogP contribution in [0.1, 0.15) is 92.9 Å². The van der Waals surface area contributed by atoms with Crippen molar-refractivity contribution in [2.45, 2.75) is 111 Å². The molecule has 0 aromatic carbocycles. The highest BCUT2D eigenvalue weighted by atomic mass is 16.7. The molecule has 0 N–H and O–H groups in total. The van der Waals surface area contributed by atoms with Crippen molar-refractivity contribution in [1.82, 2.24) is 0 Å². The molecule has 0 aromatic heterocycles. The molecule has 1 saturated heterocycles. The number of methoxy groups -OCH3 is 2. The van der Waals surface area contributed by atoms with Crippen molar-refractivity contribution in [2.75, 3.05) is 27.8 Å². The summed E-state index contributed by atoms with van der Waals surface area (Å²) in [5.74, 6) is 2.27. The Kier molecular flexibility index (Phi) is 8.36. The quantitative estimate of drug-likeness (QED) is 0.181. The molecule has 1 aliphatic heterocycles. The third kappa shape index (κ3) is 4.64. The summed E-state index contributed by atoms with van der Waals surface area (Å²) in [5.41, 5.74) is 1.72. The first kappa shape index (κ1) is 29.5. The van der Waals surface area contributed by atoms with Crippen LogP contribution in [-0.4, -0.2) is 52.1 Å². The van der Waals surface area contributed by atoms with Gasteiger partial charge in [0.1, 0.15) is 19.7 Å². The fourth-order valence-electron chi connectivity index (χ4n) is 11.0. The summed E-state index contributed by atoms with van der Waals surface area (Å²) >= 11 is 0. The van der Waals surface area contributed by atoms with Crippen molar-refractivity contribution in [1.29, 1.82) is 0 Å². The third-order valence-electron chi connectivity index (χ3n) is 12.8. The molecule has 0 bridgehead atoms. The number of rotatable bonds is 9. The lowest BCUT2D eigenvalue weighted by Crippen LogP contribution is -2.66. The Morgan fingerprint density at radius 2 is 1.67 bits per heavy atom. The second kappa shape index (κ2) is 11.0. The molecule has 0 spiro atoms. The lowest BCUT2D eigenvalue weighted by atomic mass is 9.36. The molecule has 0 amide bonds. The van der Waals surface area contributed by atoms with E-state index in [9.17, 15) is 4.79 Å². The average molecular weight is 547 g/mol. The van der Waals surface area contributed by atoms with E-state index < -0.39 is 0 Å². The second-order valence-corrected chi connectivity index (χ2v) is 14.6. The Morgan fingerprint density at radius 1 is 0.974 bits per heavy atom. The maximum absolute atomic E-state index is 13.1. The Labute approximate surface area is 236 Å². The van der Waals surface area contributed by atoms with Gasteiger partial charge in [-0.1, -0.05) is 39.3 Å². The number of hydrogen-bond acceptors (Lipinski definition) is 6. The van der Waals surface area contributed by atoms with Crippen LogP contribution in [-0.2, 0) is 28.5 Å². The number of esters is 1. The maximum Gasteiger partial charge on any atom is 0.309 e. The first-order valence-electron chi connectivity index (χ1n) is 15.6. The lowest BCUT2D eigenvalue weighted by Gasteiger charge is -2.69. The van der Waals surface area contributed by atoms with E-state index in [4.69, 9.17) is 23.7 Å². The predicted octanol–water partition coefficient (Wildman–Crippen LogP) is 6.77. The molecule has 6 nitrogen and oxygen atoms in total. The first-order valence-corrected chi connectivity index (χ1v) is 15.6. The molecule has 222 valence electrons. The smallest absolute Gasteiger partial charge is 0.309 e. The zero-order valence-corrected chi connectivity index (χ0v) is 25.8. The summed E-state index contributed by atoms with van der Waals surface area (Å²) in [6, 6.07) is 0. The van der Waals surface area contributed by atoms with E-state index in [1.165, 1.54) is 18.4 Å². The molecule has 1 heterocycles. The molecule has 6 unspecified atom stereocenters. The van der Waals surface area contributed by atoms with Crippen LogP contribution in [0, 0.1) is 51.8 Å². The van der Waals surface area contributed by atoms with Crippen LogP contribution in [0.3, 0.4) is 0 Å². The second-order valence-electron chi connectivity index (χ2n) is 14.6. The number of fused-ring (bicyclic) bond motifs is 7. The Bertz CT molecular complexity index is 929. The molecule has 0 radical (unpaired) electrons. The van der Waals surface area contributed by atoms with Gasteiger partial charge in [0.15, 0.2) is 0 Å². The molecular formula is C33H54O6. The topological polar surface area (TPSA) is 63.2 Å². The van der Waals surface area contributed by atoms with Gasteiger partial charge in [-0.3, -0.25) is 4.79 Å². The van der Waals surface area contributed by atoms with Gasteiger partial charge in [0, 0.05) is 20.1 Å². The lowest BCUT2D eigenvalue weighted by molar-refractivity contribution is -0.265. The molecule has 12 atom stereocenters. The van der Waals surface area contributed by atoms with Gasteiger partial charge in [0.2, 0.25) is 0 Å². The summed E-state index contributed by atoms with van der Waals surface area (Å²) in [4.78, 5) is 13.1. The zero-order chi connectivity index (χ0) is 28.2. The van der Waals surface area contributed by atoms with E-state index in [1.54, 1.807) is 14.2 Å². The largest absolute Gasteiger partial charge is 0.462 e. The molecule has 5 aliphatic rings. The predicted molar refractivity (Wildman–Crippen MR) is 151 cm³/mol. The first-order chi connectivity index (χ1) is 18.5. The summed E-state index contributed by atoms with van der Waals surface area (Å²) in [6.07, 6.45) is 11.1. The highest BCUT2D eigenvalue weighted by Crippen LogP contribution is 2.75. The summed E-state index contributed by atoms with van der Waals surface area (Å²) in [5, 5.41) is 0. The van der Waals surface area contributed by atoms with Crippen LogP contribution in [0.15, 0.2) is 11.6 Å². The molecule has 5 rings (SSSR count). The van der Waals surface area contributed by atoms with Crippen molar-refractivity contribution < 1.29 is 28.5 Å². The molecule has 4 aliphatic carbocycles. The highest BCUT2D eigenvalue weighted by Gasteiger charge is 2.73. The molecule has 4 saturated carbocycles. The Balaban J connectivity index is 1.48. The van der Waals surface area contributed by atoms with Crippen molar-refractivity contribution in [2.24, 2.45) is 51.8 Å². The van der Waals surface area contributed by atoms with Gasteiger partial charge < -0.3 is 23.7 Å². The standard InChI is InChI=1S/C33H54O6/c1-20(2)10-9-11-22-28-24-16-26(38-19-36-8)29-31(4)14-13-25(37-18-35-7)21(3)23(31)12-15-32(29,5)33(24,6)17-27(28)39-30(22)34/h10,21-29H,9,11-19H2,1-8H3/t21?,22-,23?,24?,25+,26+,27-,28?,29?,31-,32?,33-/m0/s1. The fraction of sp³-hybridized carbons (Fsp3) is 0.909. The van der Waals surface area contributed by atoms with E-state index >= 15 is 0 Å². The molecular weight excluding hydrogens is 492 g/mol. The molecule has 39 heavy (non-hydrogen) atoms. The van der Waals surface area contributed by atoms with E-state index in [0.29, 0.717) is 43.2 Å². The van der Waals surface area contributed by atoms with E-state index in [0.717, 1.165) is 38.5 Å². The maximum atomic E-state index is 13.1. The van der Waals surface area contributed by atoms with Gasteiger partial charge >= 0.3 is 5.97 Å². The number of carbonyl (C=O) groups excluding carboxylic acids is 1. The Morgan fingerprint density at radius 3 is 2.33 bits per heavy atom. The molecule has 6 heteroatoms. The van der Waals surface area contributed by atoms with Crippen LogP contribution in [0.2, 0.25) is 0 Å². The van der Waals surface area contributed by atoms with Gasteiger partial charge in [0.25, 0.3) is 0 Å². The van der Waals surface area contributed by atoms with Crippen molar-refractivity contribution in [3.63, 3.8) is 0 Å². The third-order valence-corrected chi connectivity index (χ3v) is 12.8. The van der Waals surface area contributed by atoms with E-state index in [1.807, 2.05) is 0 Å². The van der Waals surface area contributed by atoms with Gasteiger partial charge in [-0.25, -0.2) is 0 Å². The fourth-order valence-corrected chi connectivity index (χ4v) is 11.0. The summed E-state index contributed by atoms with van der Waals surface area (Å²) in [6.45, 7) is 15.1. The minimum Gasteiger partial charge on any atom is -0.462 e. The monoisotopic (exact) mass is 546 g/mol. The van der Waals surface area contributed by atoms with Gasteiger partial charge in [0.05, 0.1) is 18.1 Å². The van der Waals surface area contributed by atoms with Gasteiger partial charge in [-0.2, -0.15) is 0 Å². The normalized spacial score (nSPS) is 48.5. The summed E-state index contributed by atoms with van der Waals surface area (Å²) in [7, 11) is 3.44. The van der Waals surface area contributed by atoms with Gasteiger partial charge in [-0.05, 0) is 105 Å². The number of hydrogen-bond donors (Lipinski definition) is 0. The van der Waals surface area contributed by atoms with Crippen LogP contribution in [0.5, 0.6) is 0 Å². The minimum atomic E-state index is 0.000898. The van der Waals surface area contributed by atoms with E-state index in [-0.39, 0.29) is 46.4 Å². The van der Waals surface area contributed by atoms with Crippen molar-refractivity contribution in [3.8, 4) is 0 Å². The number of carbonyl (C=O) groups is 1. The molecule has 0 aromatic rings. The zero-order valence-electron chi connectivity index (χ0n) is 25.8.